The van der Waals surface area contributed by atoms with E-state index in [2.05, 4.69) is 12.3 Å². The van der Waals surface area contributed by atoms with Gasteiger partial charge in [0.25, 0.3) is 0 Å². The predicted molar refractivity (Wildman–Crippen MR) is 88.3 cm³/mol. The van der Waals surface area contributed by atoms with E-state index in [0.717, 1.165) is 34.8 Å². The Kier molecular flexibility index (Phi) is 4.00. The fourth-order valence-electron chi connectivity index (χ4n) is 3.31. The summed E-state index contributed by atoms with van der Waals surface area (Å²) in [5.74, 6) is 0.688. The number of ether oxygens (including phenoxy) is 1. The maximum Gasteiger partial charge on any atom is 0.125 e. The van der Waals surface area contributed by atoms with Gasteiger partial charge in [0.2, 0.25) is 0 Å². The number of hydrogen-bond acceptors (Lipinski definition) is 4. The number of methoxy groups -OCH3 is 1. The zero-order valence-corrected chi connectivity index (χ0v) is 13.5. The van der Waals surface area contributed by atoms with E-state index in [1.165, 1.54) is 12.8 Å². The number of hydrogen-bond donors (Lipinski definition) is 1. The van der Waals surface area contributed by atoms with E-state index >= 15 is 0 Å². The quantitative estimate of drug-likeness (QED) is 0.852. The van der Waals surface area contributed by atoms with Gasteiger partial charge in [-0.15, -0.1) is 11.3 Å². The average Bonchev–Trinajstić information content (AvgIpc) is 2.98. The summed E-state index contributed by atoms with van der Waals surface area (Å²) in [4.78, 5) is 4.86. The molecule has 0 saturated heterocycles. The average molecular weight is 302 g/mol. The van der Waals surface area contributed by atoms with Gasteiger partial charge in [0, 0.05) is 23.7 Å². The Hall–Kier alpha value is -1.39. The van der Waals surface area contributed by atoms with E-state index in [0.29, 0.717) is 5.92 Å². The van der Waals surface area contributed by atoms with Crippen molar-refractivity contribution in [2.24, 2.45) is 5.92 Å². The lowest BCUT2D eigenvalue weighted by molar-refractivity contribution is -0.0579. The predicted octanol–water partition coefficient (Wildman–Crippen LogP) is 4.44. The molecule has 1 fully saturated rings. The van der Waals surface area contributed by atoms with Crippen LogP contribution in [0, 0.1) is 5.92 Å². The maximum absolute atomic E-state index is 6.06. The number of benzene rings is 1. The number of nitrogens with two attached hydrogens (primary N) is 1. The minimum Gasteiger partial charge on any atom is -0.398 e. The Morgan fingerprint density at radius 3 is 2.90 bits per heavy atom. The lowest BCUT2D eigenvalue weighted by Gasteiger charge is -2.37. The normalized spacial score (nSPS) is 25.9. The summed E-state index contributed by atoms with van der Waals surface area (Å²) in [5.41, 5.74) is 8.60. The fourth-order valence-corrected chi connectivity index (χ4v) is 4.34. The molecule has 1 aromatic heterocycles. The van der Waals surface area contributed by atoms with Gasteiger partial charge in [-0.25, -0.2) is 4.98 Å². The SMILES string of the molecule is COC1(c2nc(-c3ccccc3N)cs2)CCCC(C)C1. The molecule has 3 rings (SSSR count). The molecular formula is C17H22N2OS. The number of thiazole rings is 1. The van der Waals surface area contributed by atoms with Crippen LogP contribution in [-0.2, 0) is 10.3 Å². The molecule has 3 nitrogen and oxygen atoms in total. The minimum atomic E-state index is -0.204. The van der Waals surface area contributed by atoms with Crippen LogP contribution in [0.1, 0.15) is 37.6 Å². The molecule has 0 aliphatic heterocycles. The second-order valence-corrected chi connectivity index (χ2v) is 6.88. The number of rotatable bonds is 3. The van der Waals surface area contributed by atoms with Crippen LogP contribution in [0.4, 0.5) is 5.69 Å². The van der Waals surface area contributed by atoms with Gasteiger partial charge in [-0.1, -0.05) is 31.5 Å². The molecule has 0 spiro atoms. The number of nitrogen functional groups attached to an aromatic ring is 1. The third-order valence-electron chi connectivity index (χ3n) is 4.48. The minimum absolute atomic E-state index is 0.204. The van der Waals surface area contributed by atoms with Gasteiger partial charge < -0.3 is 10.5 Å². The van der Waals surface area contributed by atoms with E-state index in [9.17, 15) is 0 Å². The molecule has 21 heavy (non-hydrogen) atoms. The van der Waals surface area contributed by atoms with Crippen LogP contribution in [0.2, 0.25) is 0 Å². The van der Waals surface area contributed by atoms with E-state index in [1.807, 2.05) is 31.4 Å². The standard InChI is InChI=1S/C17H22N2OS/c1-12-6-5-9-17(10-12,20-2)16-19-15(11-21-16)13-7-3-4-8-14(13)18/h3-4,7-8,11-12H,5-6,9-10,18H2,1-2H3. The third-order valence-corrected chi connectivity index (χ3v) is 5.50. The van der Waals surface area contributed by atoms with Crippen molar-refractivity contribution in [3.8, 4) is 11.3 Å². The lowest BCUT2D eigenvalue weighted by atomic mass is 9.79. The van der Waals surface area contributed by atoms with Crippen molar-refractivity contribution in [3.05, 3.63) is 34.7 Å². The van der Waals surface area contributed by atoms with Gasteiger partial charge in [0.15, 0.2) is 0 Å². The monoisotopic (exact) mass is 302 g/mol. The fraction of sp³-hybridized carbons (Fsp3) is 0.471. The van der Waals surface area contributed by atoms with Crippen LogP contribution in [0.25, 0.3) is 11.3 Å². The first-order valence-corrected chi connectivity index (χ1v) is 8.38. The summed E-state index contributed by atoms with van der Waals surface area (Å²) >= 11 is 1.69. The van der Waals surface area contributed by atoms with Crippen LogP contribution < -0.4 is 5.73 Å². The van der Waals surface area contributed by atoms with Crippen molar-refractivity contribution in [2.45, 2.75) is 38.2 Å². The number of nitrogens with zero attached hydrogens (tertiary/aromatic N) is 1. The molecule has 2 atom stereocenters. The lowest BCUT2D eigenvalue weighted by Crippen LogP contribution is -2.34. The Morgan fingerprint density at radius 2 is 2.19 bits per heavy atom. The second kappa shape index (κ2) is 5.78. The number of para-hydroxylation sites is 1. The van der Waals surface area contributed by atoms with Crippen molar-refractivity contribution in [1.29, 1.82) is 0 Å². The molecule has 0 radical (unpaired) electrons. The Morgan fingerprint density at radius 1 is 1.38 bits per heavy atom. The first kappa shape index (κ1) is 14.5. The largest absolute Gasteiger partial charge is 0.398 e. The Balaban J connectivity index is 1.95. The molecule has 0 bridgehead atoms. The molecule has 2 aromatic rings. The van der Waals surface area contributed by atoms with Crippen molar-refractivity contribution in [3.63, 3.8) is 0 Å². The molecular weight excluding hydrogens is 280 g/mol. The van der Waals surface area contributed by atoms with Crippen molar-refractivity contribution >= 4 is 17.0 Å². The summed E-state index contributed by atoms with van der Waals surface area (Å²) in [5, 5.41) is 3.19. The van der Waals surface area contributed by atoms with E-state index < -0.39 is 0 Å². The first-order valence-electron chi connectivity index (χ1n) is 7.51. The number of aromatic nitrogens is 1. The van der Waals surface area contributed by atoms with E-state index in [4.69, 9.17) is 15.5 Å². The van der Waals surface area contributed by atoms with Crippen LogP contribution in [0.15, 0.2) is 29.6 Å². The highest BCUT2D eigenvalue weighted by atomic mass is 32.1. The van der Waals surface area contributed by atoms with Crippen LogP contribution in [0.3, 0.4) is 0 Å². The highest BCUT2D eigenvalue weighted by molar-refractivity contribution is 7.10. The van der Waals surface area contributed by atoms with Gasteiger partial charge in [-0.2, -0.15) is 0 Å². The molecule has 0 amide bonds. The number of anilines is 1. The van der Waals surface area contributed by atoms with Crippen molar-refractivity contribution in [1.82, 2.24) is 4.98 Å². The molecule has 2 N–H and O–H groups in total. The summed E-state index contributed by atoms with van der Waals surface area (Å²) in [6, 6.07) is 7.89. The van der Waals surface area contributed by atoms with Gasteiger partial charge in [-0.3, -0.25) is 0 Å². The highest BCUT2D eigenvalue weighted by Gasteiger charge is 2.39. The third kappa shape index (κ3) is 2.70. The summed E-state index contributed by atoms with van der Waals surface area (Å²) in [6.07, 6.45) is 4.61. The van der Waals surface area contributed by atoms with Gasteiger partial charge in [0.1, 0.15) is 10.6 Å². The molecule has 4 heteroatoms. The van der Waals surface area contributed by atoms with Crippen molar-refractivity contribution in [2.75, 3.05) is 12.8 Å². The smallest absolute Gasteiger partial charge is 0.125 e. The molecule has 1 aliphatic carbocycles. The Labute approximate surface area is 130 Å². The molecule has 112 valence electrons. The van der Waals surface area contributed by atoms with Gasteiger partial charge in [0.05, 0.1) is 5.69 Å². The molecule has 2 unspecified atom stereocenters. The molecule has 1 aliphatic rings. The Bertz CT molecular complexity index is 625. The summed E-state index contributed by atoms with van der Waals surface area (Å²) < 4.78 is 5.93. The van der Waals surface area contributed by atoms with Crippen LogP contribution >= 0.6 is 11.3 Å². The van der Waals surface area contributed by atoms with Crippen LogP contribution in [0.5, 0.6) is 0 Å². The maximum atomic E-state index is 6.06. The van der Waals surface area contributed by atoms with Gasteiger partial charge in [-0.05, 0) is 31.2 Å². The summed E-state index contributed by atoms with van der Waals surface area (Å²) in [7, 11) is 1.82. The first-order chi connectivity index (χ1) is 10.1. The van der Waals surface area contributed by atoms with E-state index in [-0.39, 0.29) is 5.60 Å². The van der Waals surface area contributed by atoms with Crippen LogP contribution in [-0.4, -0.2) is 12.1 Å². The topological polar surface area (TPSA) is 48.1 Å². The zero-order valence-electron chi connectivity index (χ0n) is 12.6. The zero-order chi connectivity index (χ0) is 14.9. The molecule has 1 saturated carbocycles. The van der Waals surface area contributed by atoms with Crippen molar-refractivity contribution < 1.29 is 4.74 Å². The highest BCUT2D eigenvalue weighted by Crippen LogP contribution is 2.44. The molecule has 1 aromatic carbocycles. The summed E-state index contributed by atoms with van der Waals surface area (Å²) in [6.45, 7) is 2.30. The second-order valence-electron chi connectivity index (χ2n) is 6.03. The van der Waals surface area contributed by atoms with Gasteiger partial charge >= 0.3 is 0 Å². The molecule has 1 heterocycles. The van der Waals surface area contributed by atoms with E-state index in [1.54, 1.807) is 11.3 Å².